The fourth-order valence-electron chi connectivity index (χ4n) is 3.00. The normalized spacial score (nSPS) is 26.6. The Bertz CT molecular complexity index is 1280. The summed E-state index contributed by atoms with van der Waals surface area (Å²) < 4.78 is 52.7. The first-order valence-corrected chi connectivity index (χ1v) is 13.3. The van der Waals surface area contributed by atoms with E-state index in [1.165, 1.54) is 6.92 Å². The van der Waals surface area contributed by atoms with Crippen molar-refractivity contribution < 1.29 is 56.3 Å². The van der Waals surface area contributed by atoms with E-state index in [1.54, 1.807) is 0 Å². The van der Waals surface area contributed by atoms with Gasteiger partial charge >= 0.3 is 23.5 Å². The van der Waals surface area contributed by atoms with E-state index in [9.17, 15) is 28.6 Å². The Morgan fingerprint density at radius 1 is 1.24 bits per heavy atom. The van der Waals surface area contributed by atoms with Crippen LogP contribution in [0, 0.1) is 5.92 Å². The quantitative estimate of drug-likeness (QED) is 0.108. The lowest BCUT2D eigenvalue weighted by atomic mass is 10.0. The van der Waals surface area contributed by atoms with Crippen LogP contribution in [-0.4, -0.2) is 63.0 Å². The first-order valence-electron chi connectivity index (χ1n) is 8.79. The average molecular weight is 546 g/mol. The number of azide groups is 1. The molecule has 0 saturated carbocycles. The van der Waals surface area contributed by atoms with Gasteiger partial charge in [0.25, 0.3) is 0 Å². The minimum Gasteiger partial charge on any atom is -0.388 e. The molecule has 2 aromatic heterocycles. The van der Waals surface area contributed by atoms with E-state index in [0.717, 1.165) is 10.9 Å². The van der Waals surface area contributed by atoms with Crippen LogP contribution in [0.3, 0.4) is 0 Å². The molecule has 2 aromatic rings. The van der Waals surface area contributed by atoms with E-state index in [1.807, 2.05) is 0 Å². The van der Waals surface area contributed by atoms with E-state index >= 15 is 0 Å². The van der Waals surface area contributed by atoms with Crippen molar-refractivity contribution in [2.45, 2.75) is 25.4 Å². The Kier molecular flexibility index (Phi) is 7.48. The van der Waals surface area contributed by atoms with Gasteiger partial charge in [-0.15, -0.1) is 0 Å². The third-order valence-electron chi connectivity index (χ3n) is 4.42. The number of rotatable bonds is 9. The molecule has 0 aliphatic carbocycles. The van der Waals surface area contributed by atoms with Gasteiger partial charge in [0.2, 0.25) is 5.95 Å². The zero-order valence-corrected chi connectivity index (χ0v) is 19.4. The van der Waals surface area contributed by atoms with Gasteiger partial charge in [0.05, 0.1) is 12.7 Å². The zero-order valence-electron chi connectivity index (χ0n) is 16.7. The number of aromatic nitrogens is 4. The first kappa shape index (κ1) is 26.6. The number of nitrogens with zero attached hydrogens (tertiary/aromatic N) is 7. The molecule has 6 unspecified atom stereocenters. The van der Waals surface area contributed by atoms with Gasteiger partial charge < -0.3 is 35.2 Å². The summed E-state index contributed by atoms with van der Waals surface area (Å²) >= 11 is 0. The molecule has 1 aliphatic heterocycles. The van der Waals surface area contributed by atoms with E-state index in [2.05, 4.69) is 38.1 Å². The van der Waals surface area contributed by atoms with Crippen LogP contribution in [0.1, 0.15) is 13.2 Å². The van der Waals surface area contributed by atoms with Crippen LogP contribution in [0.2, 0.25) is 0 Å². The van der Waals surface area contributed by atoms with Crippen molar-refractivity contribution in [1.29, 1.82) is 0 Å². The van der Waals surface area contributed by atoms with Gasteiger partial charge in [-0.2, -0.15) is 8.62 Å². The molecule has 1 aliphatic rings. The van der Waals surface area contributed by atoms with E-state index in [4.69, 9.17) is 25.8 Å². The molecule has 0 aromatic carbocycles. The highest BCUT2D eigenvalue weighted by molar-refractivity contribution is 7.66. The van der Waals surface area contributed by atoms with Crippen molar-refractivity contribution in [3.63, 3.8) is 0 Å². The highest BCUT2D eigenvalue weighted by Crippen LogP contribution is 2.66. The lowest BCUT2D eigenvalue weighted by molar-refractivity contribution is -0.0476. The number of hydrogen-bond donors (Lipinski definition) is 6. The lowest BCUT2D eigenvalue weighted by Gasteiger charge is -2.19. The van der Waals surface area contributed by atoms with Gasteiger partial charge in [0.15, 0.2) is 23.2 Å². The molecule has 0 radical (unpaired) electrons. The maximum Gasteiger partial charge on any atom is 0.490 e. The van der Waals surface area contributed by atoms with Crippen LogP contribution in [0.5, 0.6) is 0 Å². The second-order valence-electron chi connectivity index (χ2n) is 6.70. The summed E-state index contributed by atoms with van der Waals surface area (Å²) in [7, 11) is -16.7. The Hall–Kier alpha value is -2.01. The summed E-state index contributed by atoms with van der Waals surface area (Å²) in [5, 5.41) is 14.1. The number of phosphoric acid groups is 3. The lowest BCUT2D eigenvalue weighted by Crippen LogP contribution is -2.26. The van der Waals surface area contributed by atoms with Crippen molar-refractivity contribution in [2.75, 3.05) is 12.3 Å². The Balaban J connectivity index is 1.80. The van der Waals surface area contributed by atoms with Crippen LogP contribution >= 0.6 is 23.5 Å². The van der Waals surface area contributed by atoms with Gasteiger partial charge in [-0.05, 0) is 10.6 Å². The standard InChI is InChI=1S/C11H17N8O12P3/c1-4-5(2-28-33(24,25)31-34(26,27)30-32(21,22)23)29-10(7(4)20)19-9-6(8(12)14-3-15-9)16-11(19)17-18-13/h3-5,7,10,20H,2H2,1H3,(H,24,25)(H,26,27)(H2,12,14,15)(H2,21,22,23). The number of aliphatic hydroxyl groups is 1. The summed E-state index contributed by atoms with van der Waals surface area (Å²) in [5.74, 6) is -1.15. The van der Waals surface area contributed by atoms with Gasteiger partial charge in [-0.1, -0.05) is 6.92 Å². The van der Waals surface area contributed by atoms with Crippen LogP contribution in [-0.2, 0) is 31.6 Å². The van der Waals surface area contributed by atoms with Crippen LogP contribution < -0.4 is 5.73 Å². The van der Waals surface area contributed by atoms with Gasteiger partial charge in [-0.25, -0.2) is 28.6 Å². The second kappa shape index (κ2) is 9.56. The van der Waals surface area contributed by atoms with Crippen molar-refractivity contribution in [3.8, 4) is 0 Å². The van der Waals surface area contributed by atoms with E-state index in [-0.39, 0.29) is 22.9 Å². The Morgan fingerprint density at radius 3 is 2.53 bits per heavy atom. The SMILES string of the molecule is CC1C(COP(=O)(O)OP(=O)(O)OP(=O)(O)O)OC(n2c(N=[N+]=[N-])nc3c(N)ncnc32)C1O. The van der Waals surface area contributed by atoms with Crippen molar-refractivity contribution in [3.05, 3.63) is 16.8 Å². The molecule has 3 heterocycles. The predicted octanol–water partition coefficient (Wildman–Crippen LogP) is 0.588. The van der Waals surface area contributed by atoms with Gasteiger partial charge in [-0.3, -0.25) is 9.09 Å². The van der Waals surface area contributed by atoms with Crippen molar-refractivity contribution in [2.24, 2.45) is 11.0 Å². The predicted molar refractivity (Wildman–Crippen MR) is 107 cm³/mol. The molecule has 34 heavy (non-hydrogen) atoms. The molecule has 188 valence electrons. The Morgan fingerprint density at radius 2 is 1.91 bits per heavy atom. The number of imidazole rings is 1. The Labute approximate surface area is 188 Å². The summed E-state index contributed by atoms with van der Waals surface area (Å²) in [6.07, 6.45) is -2.70. The number of nitrogen functional groups attached to an aromatic ring is 1. The first-order chi connectivity index (χ1) is 15.6. The number of anilines is 1. The summed E-state index contributed by atoms with van der Waals surface area (Å²) in [6, 6.07) is 0. The molecule has 1 fully saturated rings. The number of fused-ring (bicyclic) bond motifs is 1. The van der Waals surface area contributed by atoms with Crippen molar-refractivity contribution in [1.82, 2.24) is 19.5 Å². The summed E-state index contributed by atoms with van der Waals surface area (Å²) in [6.45, 7) is 0.657. The number of ether oxygens (including phenoxy) is 1. The fourth-order valence-corrected chi connectivity index (χ4v) is 6.03. The molecule has 3 rings (SSSR count). The fraction of sp³-hybridized carbons (Fsp3) is 0.545. The molecule has 1 saturated heterocycles. The minimum absolute atomic E-state index is 0.0414. The van der Waals surface area contributed by atoms with Crippen LogP contribution in [0.4, 0.5) is 11.8 Å². The molecular weight excluding hydrogens is 529 g/mol. The summed E-state index contributed by atoms with van der Waals surface area (Å²) in [4.78, 5) is 50.3. The monoisotopic (exact) mass is 546 g/mol. The molecule has 20 nitrogen and oxygen atoms in total. The number of aliphatic hydroxyl groups excluding tert-OH is 1. The van der Waals surface area contributed by atoms with Gasteiger partial charge in [0, 0.05) is 10.8 Å². The smallest absolute Gasteiger partial charge is 0.388 e. The van der Waals surface area contributed by atoms with Crippen molar-refractivity contribution >= 4 is 46.4 Å². The number of hydrogen-bond acceptors (Lipinski definition) is 13. The number of phosphoric ester groups is 1. The van der Waals surface area contributed by atoms with E-state index in [0.29, 0.717) is 0 Å². The zero-order chi connectivity index (χ0) is 25.5. The molecule has 23 heteroatoms. The largest absolute Gasteiger partial charge is 0.490 e. The highest BCUT2D eigenvalue weighted by atomic mass is 31.3. The molecule has 0 spiro atoms. The molecule has 6 atom stereocenters. The third kappa shape index (κ3) is 5.97. The molecule has 0 amide bonds. The average Bonchev–Trinajstić information content (AvgIpc) is 3.16. The van der Waals surface area contributed by atoms with Crippen LogP contribution in [0.15, 0.2) is 11.4 Å². The van der Waals surface area contributed by atoms with E-state index < -0.39 is 54.4 Å². The second-order valence-corrected chi connectivity index (χ2v) is 11.1. The molecular formula is C11H17N8O12P3. The third-order valence-corrected chi connectivity index (χ3v) is 8.23. The molecule has 0 bridgehead atoms. The highest BCUT2D eigenvalue weighted by Gasteiger charge is 2.46. The molecule has 7 N–H and O–H groups in total. The van der Waals surface area contributed by atoms with Gasteiger partial charge in [0.1, 0.15) is 12.4 Å². The maximum absolute atomic E-state index is 11.9. The summed E-state index contributed by atoms with van der Waals surface area (Å²) in [5.41, 5.74) is 14.7. The van der Waals surface area contributed by atoms with Crippen LogP contribution in [0.25, 0.3) is 21.6 Å². The maximum atomic E-state index is 11.9. The number of nitrogens with two attached hydrogens (primary N) is 1. The topological polar surface area (TPSA) is 308 Å². The minimum atomic E-state index is -5.70.